The molecular formula is C21H34O4. The summed E-state index contributed by atoms with van der Waals surface area (Å²) >= 11 is 0. The monoisotopic (exact) mass is 350 g/mol. The second-order valence-electron chi connectivity index (χ2n) is 6.74. The van der Waals surface area contributed by atoms with Gasteiger partial charge < -0.3 is 18.9 Å². The van der Waals surface area contributed by atoms with Gasteiger partial charge >= 0.3 is 0 Å². The molecule has 2 atom stereocenters. The van der Waals surface area contributed by atoms with E-state index in [9.17, 15) is 0 Å². The van der Waals surface area contributed by atoms with E-state index in [1.165, 1.54) is 38.5 Å². The maximum absolute atomic E-state index is 6.00. The highest BCUT2D eigenvalue weighted by Gasteiger charge is 2.23. The van der Waals surface area contributed by atoms with Crippen LogP contribution in [0.25, 0.3) is 0 Å². The van der Waals surface area contributed by atoms with Crippen molar-refractivity contribution in [3.8, 4) is 5.75 Å². The normalized spacial score (nSPS) is 17.4. The van der Waals surface area contributed by atoms with E-state index in [1.54, 1.807) is 0 Å². The summed E-state index contributed by atoms with van der Waals surface area (Å²) < 4.78 is 22.7. The number of unbranched alkanes of at least 4 members (excludes halogenated alkanes) is 6. The van der Waals surface area contributed by atoms with Crippen molar-refractivity contribution < 1.29 is 18.9 Å². The summed E-state index contributed by atoms with van der Waals surface area (Å²) in [5, 5.41) is 0. The standard InChI is InChI=1S/C21H34O4/c1-2-3-4-5-6-7-11-14-22-16-21(17-23-15-20-18-24-20)25-19-12-9-8-10-13-19/h8-10,12-13,20-21H,2-7,11,14-18H2,1H3. The smallest absolute Gasteiger partial charge is 0.145 e. The first-order chi connectivity index (χ1) is 12.4. The summed E-state index contributed by atoms with van der Waals surface area (Å²) in [7, 11) is 0. The maximum atomic E-state index is 6.00. The van der Waals surface area contributed by atoms with E-state index in [1.807, 2.05) is 30.3 Å². The van der Waals surface area contributed by atoms with Crippen molar-refractivity contribution >= 4 is 0 Å². The Balaban J connectivity index is 1.56. The highest BCUT2D eigenvalue weighted by Crippen LogP contribution is 2.13. The van der Waals surface area contributed by atoms with Crippen LogP contribution in [0, 0.1) is 0 Å². The lowest BCUT2D eigenvalue weighted by Crippen LogP contribution is -2.29. The number of benzene rings is 1. The van der Waals surface area contributed by atoms with Gasteiger partial charge in [0, 0.05) is 6.61 Å². The molecule has 4 heteroatoms. The predicted molar refractivity (Wildman–Crippen MR) is 100 cm³/mol. The molecule has 1 aromatic carbocycles. The molecule has 1 saturated heterocycles. The van der Waals surface area contributed by atoms with Gasteiger partial charge in [-0.2, -0.15) is 0 Å². The maximum Gasteiger partial charge on any atom is 0.145 e. The van der Waals surface area contributed by atoms with Gasteiger partial charge in [-0.05, 0) is 18.6 Å². The fraction of sp³-hybridized carbons (Fsp3) is 0.714. The van der Waals surface area contributed by atoms with Crippen LogP contribution < -0.4 is 4.74 Å². The van der Waals surface area contributed by atoms with Crippen molar-refractivity contribution in [2.75, 3.05) is 33.0 Å². The molecule has 0 N–H and O–H groups in total. The zero-order valence-corrected chi connectivity index (χ0v) is 15.7. The first kappa shape index (κ1) is 20.2. The first-order valence-corrected chi connectivity index (χ1v) is 9.87. The topological polar surface area (TPSA) is 40.2 Å². The minimum atomic E-state index is -0.0781. The fourth-order valence-electron chi connectivity index (χ4n) is 2.68. The third kappa shape index (κ3) is 10.5. The van der Waals surface area contributed by atoms with Crippen LogP contribution in [-0.4, -0.2) is 45.2 Å². The zero-order chi connectivity index (χ0) is 17.6. The van der Waals surface area contributed by atoms with Crippen LogP contribution in [0.2, 0.25) is 0 Å². The molecule has 1 aliphatic rings. The highest BCUT2D eigenvalue weighted by molar-refractivity contribution is 5.21. The van der Waals surface area contributed by atoms with Gasteiger partial charge in [0.15, 0.2) is 0 Å². The van der Waals surface area contributed by atoms with Gasteiger partial charge in [0.25, 0.3) is 0 Å². The summed E-state index contributed by atoms with van der Waals surface area (Å²) in [6.45, 7) is 5.62. The van der Waals surface area contributed by atoms with Crippen LogP contribution in [0.1, 0.15) is 51.9 Å². The molecule has 0 amide bonds. The van der Waals surface area contributed by atoms with Gasteiger partial charge in [0.05, 0.1) is 26.4 Å². The Morgan fingerprint density at radius 1 is 0.960 bits per heavy atom. The van der Waals surface area contributed by atoms with Crippen molar-refractivity contribution in [3.63, 3.8) is 0 Å². The Morgan fingerprint density at radius 3 is 2.36 bits per heavy atom. The van der Waals surface area contributed by atoms with Crippen LogP contribution in [-0.2, 0) is 14.2 Å². The quantitative estimate of drug-likeness (QED) is 0.322. The van der Waals surface area contributed by atoms with Gasteiger partial charge in [-0.15, -0.1) is 0 Å². The highest BCUT2D eigenvalue weighted by atomic mass is 16.6. The van der Waals surface area contributed by atoms with Crippen LogP contribution >= 0.6 is 0 Å². The first-order valence-electron chi connectivity index (χ1n) is 9.87. The Morgan fingerprint density at radius 2 is 1.64 bits per heavy atom. The molecule has 1 heterocycles. The SMILES string of the molecule is CCCCCCCCCOCC(COCC1CO1)Oc1ccccc1. The average molecular weight is 350 g/mol. The van der Waals surface area contributed by atoms with Crippen molar-refractivity contribution in [2.24, 2.45) is 0 Å². The molecule has 1 aliphatic heterocycles. The van der Waals surface area contributed by atoms with E-state index in [2.05, 4.69) is 6.92 Å². The Hall–Kier alpha value is -1.10. The molecule has 2 rings (SSSR count). The van der Waals surface area contributed by atoms with Gasteiger partial charge in [0.2, 0.25) is 0 Å². The molecule has 2 unspecified atom stereocenters. The summed E-state index contributed by atoms with van der Waals surface area (Å²) in [6.07, 6.45) is 9.29. The lowest BCUT2D eigenvalue weighted by molar-refractivity contribution is -0.01000. The van der Waals surface area contributed by atoms with Crippen LogP contribution in [0.5, 0.6) is 5.75 Å². The van der Waals surface area contributed by atoms with E-state index in [4.69, 9.17) is 18.9 Å². The Kier molecular flexibility index (Phi) is 10.6. The second-order valence-corrected chi connectivity index (χ2v) is 6.74. The number of hydrogen-bond donors (Lipinski definition) is 0. The molecule has 1 fully saturated rings. The molecule has 142 valence electrons. The van der Waals surface area contributed by atoms with Crippen molar-refractivity contribution in [2.45, 2.75) is 64.1 Å². The molecule has 0 aromatic heterocycles. The van der Waals surface area contributed by atoms with Crippen LogP contribution in [0.3, 0.4) is 0 Å². The average Bonchev–Trinajstić information content (AvgIpc) is 3.45. The third-order valence-corrected chi connectivity index (χ3v) is 4.25. The van der Waals surface area contributed by atoms with Crippen LogP contribution in [0.15, 0.2) is 30.3 Å². The van der Waals surface area contributed by atoms with Crippen LogP contribution in [0.4, 0.5) is 0 Å². The van der Waals surface area contributed by atoms with E-state index in [-0.39, 0.29) is 12.2 Å². The number of para-hydroxylation sites is 1. The molecule has 0 aliphatic carbocycles. The summed E-state index contributed by atoms with van der Waals surface area (Å²) in [6, 6.07) is 9.87. The molecule has 25 heavy (non-hydrogen) atoms. The number of hydrogen-bond acceptors (Lipinski definition) is 4. The minimum Gasteiger partial charge on any atom is -0.486 e. The molecular weight excluding hydrogens is 316 g/mol. The summed E-state index contributed by atoms with van der Waals surface area (Å²) in [5.74, 6) is 0.860. The number of rotatable bonds is 16. The molecule has 0 bridgehead atoms. The lowest BCUT2D eigenvalue weighted by atomic mass is 10.1. The predicted octanol–water partition coefficient (Wildman–Crippen LogP) is 4.62. The summed E-state index contributed by atoms with van der Waals surface area (Å²) in [4.78, 5) is 0. The fourth-order valence-corrected chi connectivity index (χ4v) is 2.68. The van der Waals surface area contributed by atoms with Gasteiger partial charge in [-0.1, -0.05) is 63.6 Å². The van der Waals surface area contributed by atoms with E-state index in [0.717, 1.165) is 25.4 Å². The van der Waals surface area contributed by atoms with E-state index >= 15 is 0 Å². The number of epoxide rings is 1. The van der Waals surface area contributed by atoms with Crippen molar-refractivity contribution in [1.29, 1.82) is 0 Å². The molecule has 4 nitrogen and oxygen atoms in total. The third-order valence-electron chi connectivity index (χ3n) is 4.25. The van der Waals surface area contributed by atoms with Gasteiger partial charge in [-0.25, -0.2) is 0 Å². The van der Waals surface area contributed by atoms with Crippen molar-refractivity contribution in [3.05, 3.63) is 30.3 Å². The number of ether oxygens (including phenoxy) is 4. The molecule has 0 spiro atoms. The molecule has 1 aromatic rings. The van der Waals surface area contributed by atoms with Gasteiger partial charge in [0.1, 0.15) is 18.0 Å². The largest absolute Gasteiger partial charge is 0.486 e. The van der Waals surface area contributed by atoms with Gasteiger partial charge in [-0.3, -0.25) is 0 Å². The van der Waals surface area contributed by atoms with E-state index in [0.29, 0.717) is 19.8 Å². The van der Waals surface area contributed by atoms with Crippen molar-refractivity contribution in [1.82, 2.24) is 0 Å². The minimum absolute atomic E-state index is 0.0781. The Bertz CT molecular complexity index is 419. The second kappa shape index (κ2) is 13.2. The summed E-state index contributed by atoms with van der Waals surface area (Å²) in [5.41, 5.74) is 0. The lowest BCUT2D eigenvalue weighted by Gasteiger charge is -2.19. The Labute approximate surface area is 152 Å². The van der Waals surface area contributed by atoms with E-state index < -0.39 is 0 Å². The molecule has 0 radical (unpaired) electrons. The zero-order valence-electron chi connectivity index (χ0n) is 15.7. The molecule has 0 saturated carbocycles.